The van der Waals surface area contributed by atoms with Crippen LogP contribution in [0.25, 0.3) is 0 Å². The molecule has 37 heavy (non-hydrogen) atoms. The van der Waals surface area contributed by atoms with Gasteiger partial charge in [0.25, 0.3) is 0 Å². The van der Waals surface area contributed by atoms with Crippen molar-refractivity contribution in [1.29, 1.82) is 0 Å². The van der Waals surface area contributed by atoms with Crippen LogP contribution in [0.1, 0.15) is 69.1 Å². The van der Waals surface area contributed by atoms with E-state index in [0.29, 0.717) is 36.6 Å². The normalized spacial score (nSPS) is 20.4. The molecule has 200 valence electrons. The van der Waals surface area contributed by atoms with Crippen molar-refractivity contribution in [2.24, 2.45) is 16.8 Å². The zero-order valence-electron chi connectivity index (χ0n) is 21.7. The molecule has 5 nitrogen and oxygen atoms in total. The number of nitrogens with zero attached hydrogens (tertiary/aromatic N) is 2. The lowest BCUT2D eigenvalue weighted by molar-refractivity contribution is -0.138. The largest absolute Gasteiger partial charge is 0.416 e. The second-order valence-corrected chi connectivity index (χ2v) is 10.7. The van der Waals surface area contributed by atoms with Gasteiger partial charge in [-0.15, -0.1) is 0 Å². The number of benzodiazepines with no additional fused rings is 1. The summed E-state index contributed by atoms with van der Waals surface area (Å²) in [5, 5.41) is 14.3. The number of unbranched alkanes of at least 4 members (excludes halogenated alkanes) is 1. The number of halogens is 3. The van der Waals surface area contributed by atoms with Crippen molar-refractivity contribution in [1.82, 2.24) is 5.32 Å². The fourth-order valence-corrected chi connectivity index (χ4v) is 5.06. The Labute approximate surface area is 216 Å². The van der Waals surface area contributed by atoms with E-state index in [1.165, 1.54) is 12.1 Å². The summed E-state index contributed by atoms with van der Waals surface area (Å²) in [5.41, 5.74) is 0.878. The van der Waals surface area contributed by atoms with Crippen LogP contribution in [-0.2, 0) is 11.0 Å². The second-order valence-electron chi connectivity index (χ2n) is 10.7. The molecule has 1 amide bonds. The average molecular weight is 516 g/mol. The molecule has 1 saturated carbocycles. The summed E-state index contributed by atoms with van der Waals surface area (Å²) >= 11 is 0. The van der Waals surface area contributed by atoms with E-state index in [1.54, 1.807) is 6.92 Å². The van der Waals surface area contributed by atoms with E-state index in [9.17, 15) is 23.1 Å². The number of carbonyl (C=O) groups is 1. The highest BCUT2D eigenvalue weighted by Gasteiger charge is 2.41. The van der Waals surface area contributed by atoms with Gasteiger partial charge in [-0.3, -0.25) is 9.79 Å². The van der Waals surface area contributed by atoms with E-state index in [2.05, 4.69) is 12.2 Å². The van der Waals surface area contributed by atoms with Crippen molar-refractivity contribution < 1.29 is 23.1 Å². The molecule has 2 N–H and O–H groups in total. The molecule has 2 aliphatic rings. The molecule has 2 aromatic carbocycles. The topological polar surface area (TPSA) is 64.9 Å². The van der Waals surface area contributed by atoms with Crippen LogP contribution in [-0.4, -0.2) is 42.1 Å². The van der Waals surface area contributed by atoms with Gasteiger partial charge in [0.1, 0.15) is 6.17 Å². The number of alkyl halides is 3. The quantitative estimate of drug-likeness (QED) is 0.444. The molecule has 0 radical (unpaired) electrons. The summed E-state index contributed by atoms with van der Waals surface area (Å²) in [7, 11) is 1.91. The molecule has 1 heterocycles. The Balaban J connectivity index is 1.66. The highest BCUT2D eigenvalue weighted by atomic mass is 19.4. The van der Waals surface area contributed by atoms with E-state index >= 15 is 0 Å². The first-order valence-electron chi connectivity index (χ1n) is 13.1. The second kappa shape index (κ2) is 10.9. The molecule has 0 saturated heterocycles. The van der Waals surface area contributed by atoms with Crippen molar-refractivity contribution in [2.45, 2.75) is 70.3 Å². The van der Waals surface area contributed by atoms with E-state index in [-0.39, 0.29) is 5.91 Å². The molecule has 3 atom stereocenters. The van der Waals surface area contributed by atoms with Gasteiger partial charge in [-0.05, 0) is 43.9 Å². The monoisotopic (exact) mass is 515 g/mol. The predicted octanol–water partition coefficient (Wildman–Crippen LogP) is 5.79. The maximum absolute atomic E-state index is 13.6. The Kier molecular flexibility index (Phi) is 7.97. The van der Waals surface area contributed by atoms with E-state index in [4.69, 9.17) is 4.99 Å². The number of para-hydroxylation sites is 1. The van der Waals surface area contributed by atoms with Crippen molar-refractivity contribution in [3.05, 3.63) is 65.2 Å². The van der Waals surface area contributed by atoms with E-state index < -0.39 is 29.4 Å². The predicted molar refractivity (Wildman–Crippen MR) is 140 cm³/mol. The average Bonchev–Trinajstić information content (AvgIpc) is 3.69. The first kappa shape index (κ1) is 27.2. The number of aliphatic imine (C=N–C) groups is 1. The third-order valence-electron chi connectivity index (χ3n) is 7.47. The number of aliphatic hydroxyl groups is 1. The Morgan fingerprint density at radius 2 is 1.84 bits per heavy atom. The van der Waals surface area contributed by atoms with Gasteiger partial charge >= 0.3 is 6.18 Å². The molecular formula is C29H36F3N3O2. The number of hydrogen-bond donors (Lipinski definition) is 2. The maximum atomic E-state index is 13.6. The van der Waals surface area contributed by atoms with Gasteiger partial charge in [0, 0.05) is 23.9 Å². The number of nitrogens with one attached hydrogen (secondary N) is 1. The van der Waals surface area contributed by atoms with Crippen molar-refractivity contribution in [3.63, 3.8) is 0 Å². The van der Waals surface area contributed by atoms with E-state index in [1.807, 2.05) is 36.2 Å². The Bertz CT molecular complexity index is 1120. The van der Waals surface area contributed by atoms with Gasteiger partial charge in [0.15, 0.2) is 0 Å². The van der Waals surface area contributed by atoms with Crippen molar-refractivity contribution in [3.8, 4) is 0 Å². The molecule has 2 aromatic rings. The number of likely N-dealkylation sites (N-methyl/N-ethyl adjacent to an activating group) is 1. The molecule has 0 bridgehead atoms. The van der Waals surface area contributed by atoms with Crippen LogP contribution in [0.2, 0.25) is 0 Å². The number of amides is 1. The van der Waals surface area contributed by atoms with Gasteiger partial charge < -0.3 is 15.3 Å². The number of benzene rings is 2. The fourth-order valence-electron chi connectivity index (χ4n) is 5.06. The molecule has 0 aromatic heterocycles. The summed E-state index contributed by atoms with van der Waals surface area (Å²) in [5.74, 6) is -0.323. The Hall–Kier alpha value is -2.87. The highest BCUT2D eigenvalue weighted by molar-refractivity contribution is 6.16. The van der Waals surface area contributed by atoms with Crippen molar-refractivity contribution in [2.75, 3.05) is 18.5 Å². The molecule has 1 fully saturated rings. The highest BCUT2D eigenvalue weighted by Crippen LogP contribution is 2.40. The van der Waals surface area contributed by atoms with Crippen LogP contribution in [0.4, 0.5) is 18.9 Å². The number of fused-ring (bicyclic) bond motifs is 1. The molecule has 3 unspecified atom stereocenters. The molecule has 1 aliphatic carbocycles. The lowest BCUT2D eigenvalue weighted by atomic mass is 9.80. The molecule has 1 aliphatic heterocycles. The lowest BCUT2D eigenvalue weighted by Gasteiger charge is -2.33. The van der Waals surface area contributed by atoms with Crippen LogP contribution in [0.15, 0.2) is 53.5 Å². The van der Waals surface area contributed by atoms with Crippen molar-refractivity contribution >= 4 is 17.3 Å². The number of carbonyl (C=O) groups excluding carboxylic acids is 1. The molecular weight excluding hydrogens is 479 g/mol. The third-order valence-corrected chi connectivity index (χ3v) is 7.47. The standard InChI is InChI=1S/C29H36F3N3O2/c1-4-5-16-28(2,37)23(17-19-10-11-19)27(36)34-25-18-35(3)24-9-7-6-8-22(24)26(33-25)20-12-14-21(15-13-20)29(30,31)32/h6-9,12-15,19,23,25,37H,4-5,10-11,16-18H2,1-3H3,(H,34,36). The lowest BCUT2D eigenvalue weighted by Crippen LogP contribution is -2.50. The minimum Gasteiger partial charge on any atom is -0.389 e. The third kappa shape index (κ3) is 6.53. The van der Waals surface area contributed by atoms with Gasteiger partial charge in [-0.25, -0.2) is 0 Å². The smallest absolute Gasteiger partial charge is 0.389 e. The Morgan fingerprint density at radius 3 is 2.46 bits per heavy atom. The van der Waals surface area contributed by atoms with Crippen LogP contribution in [0.5, 0.6) is 0 Å². The summed E-state index contributed by atoms with van der Waals surface area (Å²) in [6, 6.07) is 12.5. The minimum atomic E-state index is -4.43. The molecule has 4 rings (SSSR count). The maximum Gasteiger partial charge on any atom is 0.416 e. The van der Waals surface area contributed by atoms with Gasteiger partial charge in [-0.2, -0.15) is 13.2 Å². The minimum absolute atomic E-state index is 0.229. The van der Waals surface area contributed by atoms with Crippen LogP contribution < -0.4 is 10.2 Å². The zero-order valence-corrected chi connectivity index (χ0v) is 21.7. The summed E-state index contributed by atoms with van der Waals surface area (Å²) in [4.78, 5) is 20.5. The summed E-state index contributed by atoms with van der Waals surface area (Å²) < 4.78 is 39.5. The zero-order chi connectivity index (χ0) is 26.8. The first-order chi connectivity index (χ1) is 17.5. The van der Waals surface area contributed by atoms with Gasteiger partial charge in [0.2, 0.25) is 5.91 Å². The Morgan fingerprint density at radius 1 is 1.16 bits per heavy atom. The van der Waals surface area contributed by atoms with Gasteiger partial charge in [-0.1, -0.05) is 62.9 Å². The van der Waals surface area contributed by atoms with Crippen LogP contribution in [0.3, 0.4) is 0 Å². The summed E-state index contributed by atoms with van der Waals surface area (Å²) in [6.45, 7) is 4.20. The van der Waals surface area contributed by atoms with Gasteiger partial charge in [0.05, 0.1) is 29.3 Å². The van der Waals surface area contributed by atoms with Crippen LogP contribution >= 0.6 is 0 Å². The fraction of sp³-hybridized carbons (Fsp3) is 0.517. The SMILES string of the molecule is CCCCC(C)(O)C(CC1CC1)C(=O)NC1CN(C)c2ccccc2C(c2ccc(C(F)(F)F)cc2)=N1. The number of anilines is 1. The number of hydrogen-bond acceptors (Lipinski definition) is 4. The number of rotatable bonds is 9. The molecule has 0 spiro atoms. The van der Waals surface area contributed by atoms with Crippen LogP contribution in [0, 0.1) is 11.8 Å². The van der Waals surface area contributed by atoms with E-state index in [0.717, 1.165) is 49.1 Å². The first-order valence-corrected chi connectivity index (χ1v) is 13.1. The summed E-state index contributed by atoms with van der Waals surface area (Å²) in [6.07, 6.45) is 0.0383. The molecule has 8 heteroatoms.